The summed E-state index contributed by atoms with van der Waals surface area (Å²) in [6, 6.07) is 4.54. The highest BCUT2D eigenvalue weighted by Crippen LogP contribution is 2.33. The van der Waals surface area contributed by atoms with Gasteiger partial charge in [-0.3, -0.25) is 4.79 Å². The molecule has 1 aliphatic heterocycles. The Balaban J connectivity index is 2.48. The van der Waals surface area contributed by atoms with E-state index in [2.05, 4.69) is 0 Å². The molecule has 2 N–H and O–H groups in total. The maximum atomic E-state index is 13.3. The zero-order chi connectivity index (χ0) is 14.9. The fraction of sp³-hybridized carbons (Fsp3) is 0.562. The summed E-state index contributed by atoms with van der Waals surface area (Å²) in [4.78, 5) is 14.2. The number of hydrogen-bond donors (Lipinski definition) is 1. The van der Waals surface area contributed by atoms with Crippen LogP contribution in [0.5, 0.6) is 0 Å². The van der Waals surface area contributed by atoms with Crippen LogP contribution in [0.1, 0.15) is 50.3 Å². The summed E-state index contributed by atoms with van der Waals surface area (Å²) in [7, 11) is 0. The molecule has 0 aromatic heterocycles. The zero-order valence-electron chi connectivity index (χ0n) is 12.4. The Morgan fingerprint density at radius 1 is 1.40 bits per heavy atom. The lowest BCUT2D eigenvalue weighted by Crippen LogP contribution is -2.46. The highest BCUT2D eigenvalue weighted by atomic mass is 19.1. The van der Waals surface area contributed by atoms with Crippen LogP contribution in [0.4, 0.5) is 4.39 Å². The Labute approximate surface area is 120 Å². The molecule has 1 fully saturated rings. The minimum absolute atomic E-state index is 0.0844. The number of rotatable bonds is 2. The van der Waals surface area contributed by atoms with Crippen molar-refractivity contribution < 1.29 is 9.18 Å². The fourth-order valence-electron chi connectivity index (χ4n) is 3.10. The molecule has 0 saturated carbocycles. The molecule has 1 amide bonds. The first-order valence-corrected chi connectivity index (χ1v) is 7.24. The first-order valence-electron chi connectivity index (χ1n) is 7.24. The summed E-state index contributed by atoms with van der Waals surface area (Å²) in [6.45, 7) is 5.88. The van der Waals surface area contributed by atoms with Gasteiger partial charge in [0.25, 0.3) is 0 Å². The van der Waals surface area contributed by atoms with Gasteiger partial charge in [-0.25, -0.2) is 4.39 Å². The van der Waals surface area contributed by atoms with E-state index in [0.29, 0.717) is 6.42 Å². The molecule has 2 unspecified atom stereocenters. The molecule has 20 heavy (non-hydrogen) atoms. The van der Waals surface area contributed by atoms with E-state index in [4.69, 9.17) is 5.73 Å². The van der Waals surface area contributed by atoms with Crippen molar-refractivity contribution in [1.82, 2.24) is 4.90 Å². The van der Waals surface area contributed by atoms with Gasteiger partial charge in [-0.15, -0.1) is 0 Å². The molecular weight excluding hydrogens is 255 g/mol. The van der Waals surface area contributed by atoms with Crippen molar-refractivity contribution in [2.24, 2.45) is 5.73 Å². The maximum absolute atomic E-state index is 13.3. The lowest BCUT2D eigenvalue weighted by atomic mass is 9.92. The van der Waals surface area contributed by atoms with E-state index in [9.17, 15) is 9.18 Å². The van der Waals surface area contributed by atoms with Gasteiger partial charge >= 0.3 is 0 Å². The van der Waals surface area contributed by atoms with Gasteiger partial charge in [0.1, 0.15) is 5.82 Å². The molecule has 1 aromatic rings. The molecule has 2 rings (SSSR count). The predicted molar refractivity (Wildman–Crippen MR) is 77.7 cm³/mol. The average Bonchev–Trinajstić information content (AvgIpc) is 2.49. The van der Waals surface area contributed by atoms with Crippen LogP contribution in [0.3, 0.4) is 0 Å². The van der Waals surface area contributed by atoms with E-state index in [1.54, 1.807) is 6.07 Å². The summed E-state index contributed by atoms with van der Waals surface area (Å²) in [6.07, 6.45) is 2.18. The van der Waals surface area contributed by atoms with Gasteiger partial charge < -0.3 is 10.6 Å². The largest absolute Gasteiger partial charge is 0.332 e. The van der Waals surface area contributed by atoms with Crippen LogP contribution in [0.15, 0.2) is 18.2 Å². The summed E-state index contributed by atoms with van der Waals surface area (Å²) in [5, 5.41) is 0. The van der Waals surface area contributed by atoms with Crippen LogP contribution < -0.4 is 5.73 Å². The van der Waals surface area contributed by atoms with Crippen molar-refractivity contribution in [3.63, 3.8) is 0 Å². The van der Waals surface area contributed by atoms with Crippen molar-refractivity contribution in [2.45, 2.75) is 58.2 Å². The van der Waals surface area contributed by atoms with Gasteiger partial charge in [-0.2, -0.15) is 0 Å². The number of carbonyl (C=O) groups excluding carboxylic acids is 1. The molecule has 2 atom stereocenters. The zero-order valence-corrected chi connectivity index (χ0v) is 12.4. The van der Waals surface area contributed by atoms with E-state index >= 15 is 0 Å². The van der Waals surface area contributed by atoms with Gasteiger partial charge in [0.05, 0.1) is 6.04 Å². The normalized spacial score (nSPS) is 24.1. The monoisotopic (exact) mass is 278 g/mol. The second kappa shape index (κ2) is 5.92. The number of likely N-dealkylation sites (tertiary alicyclic amines) is 1. The van der Waals surface area contributed by atoms with Crippen molar-refractivity contribution in [3.8, 4) is 0 Å². The standard InChI is InChI=1S/C16H23FN2O/c1-10(2)19-15(20)6-4-5-14(18)16(19)13-8-7-12(17)9-11(13)3/h7-10,14,16H,4-6,18H2,1-3H3. The SMILES string of the molecule is Cc1cc(F)ccc1C1C(N)CCCC(=O)N1C(C)C. The number of carbonyl (C=O) groups is 1. The van der Waals surface area contributed by atoms with Crippen molar-refractivity contribution >= 4 is 5.91 Å². The van der Waals surface area contributed by atoms with Crippen molar-refractivity contribution in [1.29, 1.82) is 0 Å². The Kier molecular flexibility index (Phi) is 4.43. The van der Waals surface area contributed by atoms with E-state index in [0.717, 1.165) is 24.0 Å². The molecule has 4 heteroatoms. The van der Waals surface area contributed by atoms with E-state index in [1.807, 2.05) is 25.7 Å². The Morgan fingerprint density at radius 2 is 2.10 bits per heavy atom. The van der Waals surface area contributed by atoms with Gasteiger partial charge in [-0.1, -0.05) is 6.07 Å². The molecule has 0 aliphatic carbocycles. The van der Waals surface area contributed by atoms with Crippen molar-refractivity contribution in [3.05, 3.63) is 35.1 Å². The van der Waals surface area contributed by atoms with E-state index < -0.39 is 0 Å². The quantitative estimate of drug-likeness (QED) is 0.904. The molecule has 1 aromatic carbocycles. The molecular formula is C16H23FN2O. The Hall–Kier alpha value is -1.42. The maximum Gasteiger partial charge on any atom is 0.223 e. The van der Waals surface area contributed by atoms with Crippen LogP contribution in [0.2, 0.25) is 0 Å². The van der Waals surface area contributed by atoms with Crippen LogP contribution in [-0.2, 0) is 4.79 Å². The predicted octanol–water partition coefficient (Wildman–Crippen LogP) is 2.92. The molecule has 0 bridgehead atoms. The average molecular weight is 278 g/mol. The second-order valence-electron chi connectivity index (χ2n) is 5.90. The van der Waals surface area contributed by atoms with Crippen LogP contribution in [-0.4, -0.2) is 22.9 Å². The second-order valence-corrected chi connectivity index (χ2v) is 5.90. The Bertz CT molecular complexity index is 501. The lowest BCUT2D eigenvalue weighted by molar-refractivity contribution is -0.135. The summed E-state index contributed by atoms with van der Waals surface area (Å²) >= 11 is 0. The number of benzene rings is 1. The number of aryl methyl sites for hydroxylation is 1. The van der Waals surface area contributed by atoms with Crippen LogP contribution in [0, 0.1) is 12.7 Å². The molecule has 1 aliphatic rings. The van der Waals surface area contributed by atoms with Gasteiger partial charge in [0, 0.05) is 18.5 Å². The van der Waals surface area contributed by atoms with Gasteiger partial charge in [0.2, 0.25) is 5.91 Å². The fourth-order valence-corrected chi connectivity index (χ4v) is 3.10. The molecule has 110 valence electrons. The minimum atomic E-state index is -0.254. The van der Waals surface area contributed by atoms with E-state index in [1.165, 1.54) is 12.1 Å². The molecule has 3 nitrogen and oxygen atoms in total. The van der Waals surface area contributed by atoms with Crippen LogP contribution >= 0.6 is 0 Å². The first-order chi connectivity index (χ1) is 9.41. The lowest BCUT2D eigenvalue weighted by Gasteiger charge is -2.37. The van der Waals surface area contributed by atoms with Gasteiger partial charge in [0.15, 0.2) is 0 Å². The summed E-state index contributed by atoms with van der Waals surface area (Å²) in [5.41, 5.74) is 8.13. The van der Waals surface area contributed by atoms with E-state index in [-0.39, 0.29) is 29.8 Å². The molecule has 0 radical (unpaired) electrons. The topological polar surface area (TPSA) is 46.3 Å². The summed E-state index contributed by atoms with van der Waals surface area (Å²) in [5.74, 6) is -0.113. The highest BCUT2D eigenvalue weighted by molar-refractivity contribution is 5.77. The number of nitrogens with two attached hydrogens (primary N) is 1. The molecule has 0 spiro atoms. The van der Waals surface area contributed by atoms with Gasteiger partial charge in [-0.05, 0) is 56.9 Å². The third-order valence-corrected chi connectivity index (χ3v) is 4.03. The number of hydrogen-bond acceptors (Lipinski definition) is 2. The number of nitrogens with zero attached hydrogens (tertiary/aromatic N) is 1. The first kappa shape index (κ1) is 15.0. The molecule has 1 heterocycles. The minimum Gasteiger partial charge on any atom is -0.332 e. The highest BCUT2D eigenvalue weighted by Gasteiger charge is 2.35. The smallest absolute Gasteiger partial charge is 0.223 e. The number of amides is 1. The Morgan fingerprint density at radius 3 is 2.70 bits per heavy atom. The molecule has 1 saturated heterocycles. The third kappa shape index (κ3) is 2.85. The summed E-state index contributed by atoms with van der Waals surface area (Å²) < 4.78 is 13.3. The van der Waals surface area contributed by atoms with Crippen molar-refractivity contribution in [2.75, 3.05) is 0 Å². The van der Waals surface area contributed by atoms with Crippen LogP contribution in [0.25, 0.3) is 0 Å². The number of halogens is 1. The third-order valence-electron chi connectivity index (χ3n) is 4.03.